The zero-order valence-electron chi connectivity index (χ0n) is 13.2. The van der Waals surface area contributed by atoms with Crippen molar-refractivity contribution in [3.63, 3.8) is 0 Å². The van der Waals surface area contributed by atoms with Gasteiger partial charge in [0.2, 0.25) is 0 Å². The van der Waals surface area contributed by atoms with E-state index in [9.17, 15) is 5.11 Å². The van der Waals surface area contributed by atoms with Crippen molar-refractivity contribution in [3.8, 4) is 5.75 Å². The minimum Gasteiger partial charge on any atom is -0.506 e. The van der Waals surface area contributed by atoms with Gasteiger partial charge in [-0.25, -0.2) is 4.98 Å². The molecule has 1 saturated heterocycles. The Morgan fingerprint density at radius 3 is 2.33 bits per heavy atom. The predicted molar refractivity (Wildman–Crippen MR) is 99.3 cm³/mol. The van der Waals surface area contributed by atoms with Crippen LogP contribution >= 0.6 is 11.6 Å². The lowest BCUT2D eigenvalue weighted by Crippen LogP contribution is -2.46. The first kappa shape index (κ1) is 15.1. The lowest BCUT2D eigenvalue weighted by Gasteiger charge is -2.37. The van der Waals surface area contributed by atoms with Crippen molar-refractivity contribution in [2.24, 2.45) is 0 Å². The molecule has 0 radical (unpaired) electrons. The van der Waals surface area contributed by atoms with Gasteiger partial charge in [0.25, 0.3) is 0 Å². The fourth-order valence-electron chi connectivity index (χ4n) is 3.21. The number of halogens is 1. The van der Waals surface area contributed by atoms with Gasteiger partial charge >= 0.3 is 0 Å². The Hall–Kier alpha value is -2.46. The van der Waals surface area contributed by atoms with Crippen LogP contribution in [-0.2, 0) is 0 Å². The van der Waals surface area contributed by atoms with Gasteiger partial charge in [0.1, 0.15) is 16.7 Å². The molecular formula is C19H18ClN3O. The number of hydrogen-bond acceptors (Lipinski definition) is 4. The van der Waals surface area contributed by atoms with E-state index in [0.717, 1.165) is 48.5 Å². The zero-order valence-corrected chi connectivity index (χ0v) is 13.9. The van der Waals surface area contributed by atoms with E-state index in [4.69, 9.17) is 11.6 Å². The first-order valence-corrected chi connectivity index (χ1v) is 8.43. The number of para-hydroxylation sites is 2. The van der Waals surface area contributed by atoms with Crippen LogP contribution in [0.15, 0.2) is 54.6 Å². The highest BCUT2D eigenvalue weighted by molar-refractivity contribution is 6.34. The van der Waals surface area contributed by atoms with Crippen LogP contribution < -0.4 is 9.80 Å². The molecule has 1 aliphatic heterocycles. The van der Waals surface area contributed by atoms with Crippen LogP contribution in [0.2, 0.25) is 5.15 Å². The SMILES string of the molecule is Oc1ccccc1N1CCN(c2cc3ccccc3c(Cl)n2)CC1. The Morgan fingerprint density at radius 1 is 0.875 bits per heavy atom. The molecule has 0 amide bonds. The number of rotatable bonds is 2. The summed E-state index contributed by atoms with van der Waals surface area (Å²) in [5.41, 5.74) is 0.890. The summed E-state index contributed by atoms with van der Waals surface area (Å²) >= 11 is 6.35. The average molecular weight is 340 g/mol. The van der Waals surface area contributed by atoms with Crippen molar-refractivity contribution in [3.05, 3.63) is 59.8 Å². The minimum absolute atomic E-state index is 0.331. The highest BCUT2D eigenvalue weighted by atomic mass is 35.5. The smallest absolute Gasteiger partial charge is 0.139 e. The Labute approximate surface area is 145 Å². The number of phenols is 1. The molecule has 1 aliphatic rings. The van der Waals surface area contributed by atoms with E-state index in [-0.39, 0.29) is 0 Å². The van der Waals surface area contributed by atoms with Gasteiger partial charge in [-0.1, -0.05) is 48.0 Å². The summed E-state index contributed by atoms with van der Waals surface area (Å²) in [5.74, 6) is 1.24. The molecule has 0 saturated carbocycles. The number of aromatic nitrogens is 1. The Kier molecular flexibility index (Phi) is 3.90. The number of hydrogen-bond donors (Lipinski definition) is 1. The second-order valence-electron chi connectivity index (χ2n) is 5.96. The number of nitrogens with zero attached hydrogens (tertiary/aromatic N) is 3. The fraction of sp³-hybridized carbons (Fsp3) is 0.211. The number of benzene rings is 2. The molecule has 0 bridgehead atoms. The Morgan fingerprint density at radius 2 is 1.54 bits per heavy atom. The molecule has 1 aromatic heterocycles. The number of aromatic hydroxyl groups is 1. The third-order valence-corrected chi connectivity index (χ3v) is 4.79. The molecule has 1 fully saturated rings. The summed E-state index contributed by atoms with van der Waals surface area (Å²) < 4.78 is 0. The highest BCUT2D eigenvalue weighted by Crippen LogP contribution is 2.30. The van der Waals surface area contributed by atoms with Crippen molar-refractivity contribution in [1.29, 1.82) is 0 Å². The van der Waals surface area contributed by atoms with Crippen LogP contribution in [0.25, 0.3) is 10.8 Å². The van der Waals surface area contributed by atoms with Crippen LogP contribution in [-0.4, -0.2) is 36.3 Å². The van der Waals surface area contributed by atoms with E-state index >= 15 is 0 Å². The Bertz CT molecular complexity index is 875. The normalized spacial score (nSPS) is 15.0. The van der Waals surface area contributed by atoms with E-state index in [1.165, 1.54) is 0 Å². The molecule has 5 heteroatoms. The number of fused-ring (bicyclic) bond motifs is 1. The summed E-state index contributed by atoms with van der Waals surface area (Å²) in [7, 11) is 0. The van der Waals surface area contributed by atoms with Gasteiger partial charge in [-0.05, 0) is 23.6 Å². The molecule has 4 nitrogen and oxygen atoms in total. The molecular weight excluding hydrogens is 322 g/mol. The predicted octanol–water partition coefficient (Wildman–Crippen LogP) is 3.92. The van der Waals surface area contributed by atoms with Gasteiger partial charge in [-0.3, -0.25) is 0 Å². The second kappa shape index (κ2) is 6.21. The summed E-state index contributed by atoms with van der Waals surface area (Å²) in [4.78, 5) is 9.01. The first-order chi connectivity index (χ1) is 11.7. The summed E-state index contributed by atoms with van der Waals surface area (Å²) in [6.07, 6.45) is 0. The van der Waals surface area contributed by atoms with Gasteiger partial charge in [0.15, 0.2) is 0 Å². The standard InChI is InChI=1S/C19H18ClN3O/c20-19-15-6-2-1-5-14(15)13-18(21-19)23-11-9-22(10-12-23)16-7-3-4-8-17(16)24/h1-8,13,24H,9-12H2. The van der Waals surface area contributed by atoms with E-state index in [1.54, 1.807) is 6.07 Å². The maximum atomic E-state index is 10.0. The molecule has 0 unspecified atom stereocenters. The summed E-state index contributed by atoms with van der Waals surface area (Å²) in [6, 6.07) is 17.6. The van der Waals surface area contributed by atoms with Crippen molar-refractivity contribution >= 4 is 33.9 Å². The molecule has 2 aromatic carbocycles. The fourth-order valence-corrected chi connectivity index (χ4v) is 3.47. The zero-order chi connectivity index (χ0) is 16.5. The van der Waals surface area contributed by atoms with Crippen molar-refractivity contribution in [2.45, 2.75) is 0 Å². The molecule has 3 aromatic rings. The largest absolute Gasteiger partial charge is 0.506 e. The molecule has 4 rings (SSSR count). The molecule has 1 N–H and O–H groups in total. The highest BCUT2D eigenvalue weighted by Gasteiger charge is 2.20. The van der Waals surface area contributed by atoms with Crippen molar-refractivity contribution in [2.75, 3.05) is 36.0 Å². The van der Waals surface area contributed by atoms with Gasteiger partial charge in [0, 0.05) is 31.6 Å². The molecule has 24 heavy (non-hydrogen) atoms. The van der Waals surface area contributed by atoms with Crippen molar-refractivity contribution in [1.82, 2.24) is 4.98 Å². The second-order valence-corrected chi connectivity index (χ2v) is 6.31. The number of anilines is 2. The van der Waals surface area contributed by atoms with Gasteiger partial charge in [0.05, 0.1) is 5.69 Å². The third-order valence-electron chi connectivity index (χ3n) is 4.51. The maximum absolute atomic E-state index is 10.0. The van der Waals surface area contributed by atoms with Crippen LogP contribution in [0.4, 0.5) is 11.5 Å². The van der Waals surface area contributed by atoms with E-state index in [2.05, 4.69) is 26.9 Å². The Balaban J connectivity index is 1.55. The molecule has 122 valence electrons. The average Bonchev–Trinajstić information content (AvgIpc) is 2.62. The number of phenolic OH excluding ortho intramolecular Hbond substituents is 1. The van der Waals surface area contributed by atoms with Crippen LogP contribution in [0.3, 0.4) is 0 Å². The quantitative estimate of drug-likeness (QED) is 0.718. The number of pyridine rings is 1. The lowest BCUT2D eigenvalue weighted by molar-refractivity contribution is 0.472. The monoisotopic (exact) mass is 339 g/mol. The third kappa shape index (κ3) is 2.74. The molecule has 2 heterocycles. The van der Waals surface area contributed by atoms with Crippen LogP contribution in [0.5, 0.6) is 5.75 Å². The minimum atomic E-state index is 0.331. The van der Waals surface area contributed by atoms with Gasteiger partial charge in [-0.2, -0.15) is 0 Å². The van der Waals surface area contributed by atoms with Crippen LogP contribution in [0, 0.1) is 0 Å². The van der Waals surface area contributed by atoms with Gasteiger partial charge in [-0.15, -0.1) is 0 Å². The molecule has 0 spiro atoms. The van der Waals surface area contributed by atoms with Crippen LogP contribution in [0.1, 0.15) is 0 Å². The van der Waals surface area contributed by atoms with E-state index in [0.29, 0.717) is 10.9 Å². The summed E-state index contributed by atoms with van der Waals surface area (Å²) in [6.45, 7) is 3.36. The summed E-state index contributed by atoms with van der Waals surface area (Å²) in [5, 5.41) is 12.7. The van der Waals surface area contributed by atoms with E-state index < -0.39 is 0 Å². The van der Waals surface area contributed by atoms with Crippen molar-refractivity contribution < 1.29 is 5.11 Å². The molecule has 0 atom stereocenters. The maximum Gasteiger partial charge on any atom is 0.139 e. The topological polar surface area (TPSA) is 39.6 Å². The lowest BCUT2D eigenvalue weighted by atomic mass is 10.1. The number of piperazine rings is 1. The van der Waals surface area contributed by atoms with E-state index in [1.807, 2.05) is 36.4 Å². The molecule has 0 aliphatic carbocycles. The first-order valence-electron chi connectivity index (χ1n) is 8.05. The van der Waals surface area contributed by atoms with Gasteiger partial charge < -0.3 is 14.9 Å².